The van der Waals surface area contributed by atoms with Crippen molar-refractivity contribution in [3.05, 3.63) is 94.5 Å². The molecule has 1 aromatic carbocycles. The molecular formula is C22H20ClN3O. The predicted molar refractivity (Wildman–Crippen MR) is 106 cm³/mol. The number of pyridine rings is 2. The normalized spacial score (nSPS) is 16.5. The molecule has 0 spiro atoms. The van der Waals surface area contributed by atoms with Crippen LogP contribution >= 0.6 is 11.6 Å². The van der Waals surface area contributed by atoms with Gasteiger partial charge in [0.25, 0.3) is 5.91 Å². The molecule has 1 aliphatic rings. The van der Waals surface area contributed by atoms with Gasteiger partial charge in [0.05, 0.1) is 17.3 Å². The number of hydrogen-bond acceptors (Lipinski definition) is 3. The average Bonchev–Trinajstić information content (AvgIpc) is 3.20. The molecule has 0 saturated carbocycles. The number of aromatic nitrogens is 2. The Balaban J connectivity index is 1.55. The van der Waals surface area contributed by atoms with Gasteiger partial charge in [0.2, 0.25) is 0 Å². The summed E-state index contributed by atoms with van der Waals surface area (Å²) in [6.07, 6.45) is 5.97. The summed E-state index contributed by atoms with van der Waals surface area (Å²) in [5, 5.41) is 0.732. The van der Waals surface area contributed by atoms with Gasteiger partial charge < -0.3 is 4.90 Å². The van der Waals surface area contributed by atoms with Gasteiger partial charge in [-0.15, -0.1) is 0 Å². The van der Waals surface area contributed by atoms with Gasteiger partial charge in [-0.1, -0.05) is 29.8 Å². The first-order valence-electron chi connectivity index (χ1n) is 9.12. The Kier molecular flexibility index (Phi) is 5.16. The Labute approximate surface area is 163 Å². The maximum atomic E-state index is 12.9. The zero-order chi connectivity index (χ0) is 18.6. The molecule has 1 amide bonds. The molecule has 5 heteroatoms. The summed E-state index contributed by atoms with van der Waals surface area (Å²) in [6, 6.07) is 17.5. The average molecular weight is 378 g/mol. The van der Waals surface area contributed by atoms with Crippen LogP contribution < -0.4 is 0 Å². The number of halogens is 1. The van der Waals surface area contributed by atoms with Gasteiger partial charge in [-0.05, 0) is 54.8 Å². The highest BCUT2D eigenvalue weighted by atomic mass is 35.5. The first-order valence-corrected chi connectivity index (χ1v) is 9.50. The fourth-order valence-electron chi connectivity index (χ4n) is 3.57. The lowest BCUT2D eigenvalue weighted by Gasteiger charge is -2.24. The number of hydrogen-bond donors (Lipinski definition) is 0. The molecule has 1 fully saturated rings. The van der Waals surface area contributed by atoms with Crippen molar-refractivity contribution in [3.8, 4) is 0 Å². The molecule has 0 N–H and O–H groups in total. The van der Waals surface area contributed by atoms with Crippen molar-refractivity contribution in [2.24, 2.45) is 0 Å². The van der Waals surface area contributed by atoms with Gasteiger partial charge in [0.1, 0.15) is 0 Å². The number of rotatable bonds is 4. The Morgan fingerprint density at radius 1 is 1.11 bits per heavy atom. The predicted octanol–water partition coefficient (Wildman–Crippen LogP) is 4.70. The van der Waals surface area contributed by atoms with Gasteiger partial charge in [0.15, 0.2) is 0 Å². The van der Waals surface area contributed by atoms with Crippen LogP contribution in [-0.2, 0) is 6.42 Å². The van der Waals surface area contributed by atoms with Crippen molar-refractivity contribution in [2.45, 2.75) is 25.3 Å². The minimum atomic E-state index is 0.0165. The zero-order valence-corrected chi connectivity index (χ0v) is 15.6. The summed E-state index contributed by atoms with van der Waals surface area (Å²) in [5.74, 6) is 0.0236. The fourth-order valence-corrected chi connectivity index (χ4v) is 3.69. The van der Waals surface area contributed by atoms with E-state index >= 15 is 0 Å². The van der Waals surface area contributed by atoms with Gasteiger partial charge >= 0.3 is 0 Å². The minimum absolute atomic E-state index is 0.0165. The molecule has 1 saturated heterocycles. The van der Waals surface area contributed by atoms with E-state index in [1.54, 1.807) is 18.5 Å². The topological polar surface area (TPSA) is 46.1 Å². The second-order valence-corrected chi connectivity index (χ2v) is 7.19. The number of amides is 1. The quantitative estimate of drug-likeness (QED) is 0.662. The molecule has 2 aromatic heterocycles. The Bertz CT molecular complexity index is 928. The zero-order valence-electron chi connectivity index (χ0n) is 14.9. The van der Waals surface area contributed by atoms with Crippen LogP contribution in [0.1, 0.15) is 46.2 Å². The molecule has 4 nitrogen and oxygen atoms in total. The van der Waals surface area contributed by atoms with Crippen LogP contribution in [0.3, 0.4) is 0 Å². The smallest absolute Gasteiger partial charge is 0.255 e. The number of nitrogens with zero attached hydrogens (tertiary/aromatic N) is 3. The fraction of sp³-hybridized carbons (Fsp3) is 0.227. The van der Waals surface area contributed by atoms with E-state index in [0.29, 0.717) is 5.56 Å². The van der Waals surface area contributed by atoms with Crippen LogP contribution in [-0.4, -0.2) is 27.3 Å². The molecule has 4 rings (SSSR count). The van der Waals surface area contributed by atoms with E-state index in [1.807, 2.05) is 53.4 Å². The third-order valence-electron chi connectivity index (χ3n) is 4.89. The summed E-state index contributed by atoms with van der Waals surface area (Å²) in [6.45, 7) is 0.751. The summed E-state index contributed by atoms with van der Waals surface area (Å²) in [4.78, 5) is 23.7. The van der Waals surface area contributed by atoms with E-state index in [2.05, 4.69) is 4.98 Å². The third-order valence-corrected chi connectivity index (χ3v) is 5.14. The monoisotopic (exact) mass is 377 g/mol. The highest BCUT2D eigenvalue weighted by Crippen LogP contribution is 2.32. The second-order valence-electron chi connectivity index (χ2n) is 6.76. The lowest BCUT2D eigenvalue weighted by atomic mass is 10.1. The summed E-state index contributed by atoms with van der Waals surface area (Å²) < 4.78 is 0. The molecule has 1 atom stereocenters. The first-order chi connectivity index (χ1) is 13.2. The van der Waals surface area contributed by atoms with Gasteiger partial charge in [-0.2, -0.15) is 0 Å². The maximum Gasteiger partial charge on any atom is 0.255 e. The number of likely N-dealkylation sites (tertiary alicyclic amines) is 1. The summed E-state index contributed by atoms with van der Waals surface area (Å²) in [5.41, 5.74) is 3.74. The number of carbonyl (C=O) groups is 1. The molecule has 136 valence electrons. The maximum absolute atomic E-state index is 12.9. The molecule has 3 heterocycles. The van der Waals surface area contributed by atoms with Gasteiger partial charge in [-0.25, -0.2) is 0 Å². The molecular weight excluding hydrogens is 358 g/mol. The SMILES string of the molecule is O=C(c1cccnc1)N1CCC[C@H]1c1cccc(Cc2ccc(Cl)cc2)n1. The Morgan fingerprint density at radius 2 is 1.96 bits per heavy atom. The molecule has 0 bridgehead atoms. The van der Waals surface area contributed by atoms with Crippen molar-refractivity contribution in [1.29, 1.82) is 0 Å². The number of carbonyl (C=O) groups excluding carboxylic acids is 1. The molecule has 1 aliphatic heterocycles. The first kappa shape index (κ1) is 17.7. The van der Waals surface area contributed by atoms with E-state index in [1.165, 1.54) is 5.56 Å². The van der Waals surface area contributed by atoms with Crippen molar-refractivity contribution < 1.29 is 4.79 Å². The van der Waals surface area contributed by atoms with E-state index in [-0.39, 0.29) is 11.9 Å². The highest BCUT2D eigenvalue weighted by Gasteiger charge is 2.31. The van der Waals surface area contributed by atoms with Gasteiger partial charge in [-0.3, -0.25) is 14.8 Å². The lowest BCUT2D eigenvalue weighted by Crippen LogP contribution is -2.31. The Hall–Kier alpha value is -2.72. The summed E-state index contributed by atoms with van der Waals surface area (Å²) in [7, 11) is 0. The molecule has 3 aromatic rings. The molecule has 0 unspecified atom stereocenters. The minimum Gasteiger partial charge on any atom is -0.330 e. The number of benzene rings is 1. The second kappa shape index (κ2) is 7.89. The van der Waals surface area contributed by atoms with Crippen LogP contribution in [0.4, 0.5) is 0 Å². The van der Waals surface area contributed by atoms with Crippen molar-refractivity contribution in [1.82, 2.24) is 14.9 Å². The van der Waals surface area contributed by atoms with Crippen molar-refractivity contribution >= 4 is 17.5 Å². The molecule has 0 aliphatic carbocycles. The largest absolute Gasteiger partial charge is 0.330 e. The highest BCUT2D eigenvalue weighted by molar-refractivity contribution is 6.30. The summed E-state index contributed by atoms with van der Waals surface area (Å²) >= 11 is 5.96. The van der Waals surface area contributed by atoms with Crippen LogP contribution in [0.15, 0.2) is 67.0 Å². The van der Waals surface area contributed by atoms with Crippen LogP contribution in [0, 0.1) is 0 Å². The third kappa shape index (κ3) is 4.01. The van der Waals surface area contributed by atoms with Crippen molar-refractivity contribution in [2.75, 3.05) is 6.54 Å². The lowest BCUT2D eigenvalue weighted by molar-refractivity contribution is 0.0732. The van der Waals surface area contributed by atoms with Crippen molar-refractivity contribution in [3.63, 3.8) is 0 Å². The van der Waals surface area contributed by atoms with E-state index in [4.69, 9.17) is 16.6 Å². The molecule has 27 heavy (non-hydrogen) atoms. The Morgan fingerprint density at radius 3 is 2.74 bits per heavy atom. The van der Waals surface area contributed by atoms with Crippen LogP contribution in [0.2, 0.25) is 5.02 Å². The van der Waals surface area contributed by atoms with Gasteiger partial charge in [0, 0.05) is 36.1 Å². The van der Waals surface area contributed by atoms with Crippen LogP contribution in [0.5, 0.6) is 0 Å². The van der Waals surface area contributed by atoms with E-state index < -0.39 is 0 Å². The molecule has 0 radical (unpaired) electrons. The van der Waals surface area contributed by atoms with E-state index in [0.717, 1.165) is 42.2 Å². The van der Waals surface area contributed by atoms with E-state index in [9.17, 15) is 4.79 Å². The van der Waals surface area contributed by atoms with Crippen LogP contribution in [0.25, 0.3) is 0 Å². The standard InChI is InChI=1S/C22H20ClN3O/c23-18-10-8-16(9-11-18)14-19-5-1-6-20(25-19)21-7-3-13-26(21)22(27)17-4-2-12-24-15-17/h1-2,4-6,8-12,15,21H,3,7,13-14H2/t21-/m0/s1.